The van der Waals surface area contributed by atoms with Crippen molar-refractivity contribution < 1.29 is 23.7 Å². The van der Waals surface area contributed by atoms with E-state index in [1.807, 2.05) is 0 Å². The number of aliphatic hydroxyl groups is 1. The summed E-state index contributed by atoms with van der Waals surface area (Å²) < 4.78 is 32.7. The van der Waals surface area contributed by atoms with E-state index in [0.29, 0.717) is 34.5 Å². The molecule has 1 aromatic heterocycles. The molecule has 158 valence electrons. The van der Waals surface area contributed by atoms with E-state index in [4.69, 9.17) is 4.74 Å². The van der Waals surface area contributed by atoms with E-state index in [-0.39, 0.29) is 23.7 Å². The molecule has 1 aliphatic rings. The lowest BCUT2D eigenvalue weighted by Crippen LogP contribution is -2.16. The minimum atomic E-state index is -0.890. The fraction of sp³-hybridized carbons (Fsp3) is 0.364. The molecule has 30 heavy (non-hydrogen) atoms. The van der Waals surface area contributed by atoms with E-state index in [1.54, 1.807) is 13.1 Å². The first-order valence-corrected chi connectivity index (χ1v) is 10.00. The van der Waals surface area contributed by atoms with Gasteiger partial charge in [-0.15, -0.1) is 0 Å². The van der Waals surface area contributed by atoms with Gasteiger partial charge in [0.1, 0.15) is 5.82 Å². The number of benzene rings is 2. The number of rotatable bonds is 6. The Morgan fingerprint density at radius 1 is 1.20 bits per heavy atom. The van der Waals surface area contributed by atoms with E-state index in [2.05, 4.69) is 15.3 Å². The van der Waals surface area contributed by atoms with Gasteiger partial charge < -0.3 is 20.3 Å². The Labute approximate surface area is 172 Å². The molecular weight excluding hydrogens is 392 g/mol. The molecule has 4 rings (SSSR count). The van der Waals surface area contributed by atoms with E-state index in [1.165, 1.54) is 18.9 Å². The first kappa shape index (κ1) is 20.3. The number of phenolic OH excluding ortho intramolecular Hbond substituents is 1. The molecule has 1 saturated carbocycles. The minimum absolute atomic E-state index is 0.0243. The normalized spacial score (nSPS) is 15.5. The molecule has 0 saturated heterocycles. The average molecular weight is 415 g/mol. The van der Waals surface area contributed by atoms with Crippen molar-refractivity contribution in [1.82, 2.24) is 9.97 Å². The van der Waals surface area contributed by atoms with Crippen molar-refractivity contribution in [3.63, 3.8) is 0 Å². The summed E-state index contributed by atoms with van der Waals surface area (Å²) in [6.45, 7) is 1.59. The molecule has 1 fully saturated rings. The Balaban J connectivity index is 1.75. The van der Waals surface area contributed by atoms with Gasteiger partial charge in [0.05, 0.1) is 11.6 Å². The lowest BCUT2D eigenvalue weighted by atomic mass is 10.0. The number of anilines is 1. The zero-order valence-corrected chi connectivity index (χ0v) is 16.5. The van der Waals surface area contributed by atoms with Crippen molar-refractivity contribution in [2.24, 2.45) is 0 Å². The van der Waals surface area contributed by atoms with Crippen LogP contribution in [0, 0.1) is 11.6 Å². The summed E-state index contributed by atoms with van der Waals surface area (Å²) in [6, 6.07) is 4.73. The van der Waals surface area contributed by atoms with Crippen molar-refractivity contribution in [1.29, 1.82) is 0 Å². The molecule has 1 aliphatic carbocycles. The molecule has 2 aromatic carbocycles. The van der Waals surface area contributed by atoms with Gasteiger partial charge in [0.25, 0.3) is 0 Å². The van der Waals surface area contributed by atoms with Crippen molar-refractivity contribution in [2.75, 3.05) is 5.32 Å². The van der Waals surface area contributed by atoms with Gasteiger partial charge >= 0.3 is 0 Å². The lowest BCUT2D eigenvalue weighted by Gasteiger charge is -2.17. The Hall–Kier alpha value is -3.00. The number of nitrogens with one attached hydrogen (secondary N) is 1. The number of aliphatic hydroxyl groups excluding tert-OH is 1. The number of aromatic hydroxyl groups is 1. The highest BCUT2D eigenvalue weighted by atomic mass is 19.1. The van der Waals surface area contributed by atoms with E-state index >= 15 is 0 Å². The van der Waals surface area contributed by atoms with Crippen LogP contribution in [-0.4, -0.2) is 32.3 Å². The van der Waals surface area contributed by atoms with Crippen LogP contribution in [0.15, 0.2) is 30.5 Å². The number of aromatic nitrogens is 2. The number of nitrogens with zero attached hydrogens (tertiary/aromatic N) is 2. The summed E-state index contributed by atoms with van der Waals surface area (Å²) in [6.07, 6.45) is 5.41. The third-order valence-electron chi connectivity index (χ3n) is 5.21. The van der Waals surface area contributed by atoms with Crippen molar-refractivity contribution >= 4 is 16.9 Å². The third-order valence-corrected chi connectivity index (χ3v) is 5.21. The second-order valence-corrected chi connectivity index (χ2v) is 7.69. The monoisotopic (exact) mass is 415 g/mol. The molecule has 0 amide bonds. The van der Waals surface area contributed by atoms with Gasteiger partial charge in [-0.1, -0.05) is 12.8 Å². The molecule has 0 spiro atoms. The molecular formula is C22H23F2N3O3. The number of halogens is 2. The van der Waals surface area contributed by atoms with Crippen LogP contribution in [-0.2, 0) is 6.42 Å². The topological polar surface area (TPSA) is 87.5 Å². The first-order valence-electron chi connectivity index (χ1n) is 10.00. The van der Waals surface area contributed by atoms with Crippen LogP contribution in [0.3, 0.4) is 0 Å². The van der Waals surface area contributed by atoms with Crippen molar-refractivity contribution in [3.05, 3.63) is 47.7 Å². The molecule has 3 aromatic rings. The maximum Gasteiger partial charge on any atom is 0.223 e. The zero-order chi connectivity index (χ0) is 21.3. The van der Waals surface area contributed by atoms with Crippen molar-refractivity contribution in [3.8, 4) is 17.2 Å². The maximum atomic E-state index is 14.0. The zero-order valence-electron chi connectivity index (χ0n) is 16.5. The predicted octanol–water partition coefficient (Wildman–Crippen LogP) is 4.68. The molecule has 1 atom stereocenters. The molecule has 6 nitrogen and oxygen atoms in total. The number of hydrogen-bond acceptors (Lipinski definition) is 6. The fourth-order valence-corrected chi connectivity index (χ4v) is 3.77. The van der Waals surface area contributed by atoms with Crippen LogP contribution in [0.1, 0.15) is 38.2 Å². The van der Waals surface area contributed by atoms with Gasteiger partial charge in [-0.2, -0.15) is 0 Å². The summed E-state index contributed by atoms with van der Waals surface area (Å²) in [5, 5.41) is 24.6. The summed E-state index contributed by atoms with van der Waals surface area (Å²) in [7, 11) is 0. The Kier molecular flexibility index (Phi) is 5.67. The molecule has 0 aliphatic heterocycles. The fourth-order valence-electron chi connectivity index (χ4n) is 3.77. The average Bonchev–Trinajstić information content (AvgIpc) is 3.20. The first-order chi connectivity index (χ1) is 14.4. The Morgan fingerprint density at radius 3 is 2.67 bits per heavy atom. The smallest absolute Gasteiger partial charge is 0.223 e. The van der Waals surface area contributed by atoms with Gasteiger partial charge in [0, 0.05) is 35.7 Å². The molecule has 0 bridgehead atoms. The third kappa shape index (κ3) is 4.28. The van der Waals surface area contributed by atoms with Crippen LogP contribution in [0.25, 0.3) is 10.9 Å². The summed E-state index contributed by atoms with van der Waals surface area (Å²) >= 11 is 0. The second-order valence-electron chi connectivity index (χ2n) is 7.69. The van der Waals surface area contributed by atoms with Gasteiger partial charge in [-0.25, -0.2) is 18.7 Å². The maximum absolute atomic E-state index is 14.0. The summed E-state index contributed by atoms with van der Waals surface area (Å²) in [4.78, 5) is 8.91. The van der Waals surface area contributed by atoms with Crippen LogP contribution in [0.5, 0.6) is 17.2 Å². The highest BCUT2D eigenvalue weighted by Gasteiger charge is 2.21. The van der Waals surface area contributed by atoms with E-state index in [9.17, 15) is 19.0 Å². The number of fused-ring (bicyclic) bond motifs is 1. The van der Waals surface area contributed by atoms with E-state index < -0.39 is 17.7 Å². The van der Waals surface area contributed by atoms with E-state index in [0.717, 1.165) is 25.0 Å². The van der Waals surface area contributed by atoms with Gasteiger partial charge in [0.15, 0.2) is 23.1 Å². The van der Waals surface area contributed by atoms with Gasteiger partial charge in [0.2, 0.25) is 5.95 Å². The van der Waals surface area contributed by atoms with Crippen LogP contribution in [0.4, 0.5) is 14.7 Å². The quantitative estimate of drug-likeness (QED) is 0.542. The van der Waals surface area contributed by atoms with Gasteiger partial charge in [-0.05, 0) is 38.0 Å². The largest absolute Gasteiger partial charge is 0.504 e. The molecule has 1 heterocycles. The SMILES string of the molecule is C[C@H](O)Cc1c(O)c(Oc2ccc(F)cc2F)cc2cnc(NC3CCCC3)nc12. The Morgan fingerprint density at radius 2 is 1.97 bits per heavy atom. The minimum Gasteiger partial charge on any atom is -0.504 e. The molecule has 0 unspecified atom stereocenters. The second kappa shape index (κ2) is 8.39. The molecule has 3 N–H and O–H groups in total. The predicted molar refractivity (Wildman–Crippen MR) is 109 cm³/mol. The number of phenols is 1. The molecule has 0 radical (unpaired) electrons. The standard InChI is InChI=1S/C22H23F2N3O3/c1-12(28)8-16-20-13(11-25-22(27-20)26-15-4-2-3-5-15)9-19(21(16)29)30-18-7-6-14(23)10-17(18)24/h6-7,9-12,15,28-29H,2-5,8H2,1H3,(H,25,26,27)/t12-/m0/s1. The van der Waals surface area contributed by atoms with Gasteiger partial charge in [-0.3, -0.25) is 0 Å². The highest BCUT2D eigenvalue weighted by Crippen LogP contribution is 2.40. The van der Waals surface area contributed by atoms with Crippen LogP contribution >= 0.6 is 0 Å². The van der Waals surface area contributed by atoms with Crippen molar-refractivity contribution in [2.45, 2.75) is 51.2 Å². The Bertz CT molecular complexity index is 1070. The highest BCUT2D eigenvalue weighted by molar-refractivity contribution is 5.87. The number of ether oxygens (including phenoxy) is 1. The summed E-state index contributed by atoms with van der Waals surface area (Å²) in [5.41, 5.74) is 0.854. The van der Waals surface area contributed by atoms with Crippen LogP contribution < -0.4 is 10.1 Å². The number of hydrogen-bond donors (Lipinski definition) is 3. The van der Waals surface area contributed by atoms with Crippen LogP contribution in [0.2, 0.25) is 0 Å². The summed E-state index contributed by atoms with van der Waals surface area (Å²) in [5.74, 6) is -1.67. The lowest BCUT2D eigenvalue weighted by molar-refractivity contribution is 0.194. The molecule has 8 heteroatoms.